The number of ether oxygens (including phenoxy) is 1. The number of rotatable bonds is 4. The molecule has 4 rings (SSSR count). The number of benzene rings is 2. The fourth-order valence-corrected chi connectivity index (χ4v) is 4.21. The molecule has 0 aliphatic heterocycles. The maximum absolute atomic E-state index is 14.2. The number of esters is 1. The molecule has 2 aromatic carbocycles. The first-order valence-corrected chi connectivity index (χ1v) is 10.9. The molecule has 34 heavy (non-hydrogen) atoms. The minimum Gasteiger partial charge on any atom is -0.465 e. The predicted molar refractivity (Wildman–Crippen MR) is 118 cm³/mol. The summed E-state index contributed by atoms with van der Waals surface area (Å²) >= 11 is 0. The number of carbonyl (C=O) groups is 2. The lowest BCUT2D eigenvalue weighted by Crippen LogP contribution is -2.47. The summed E-state index contributed by atoms with van der Waals surface area (Å²) in [5.74, 6) is -2.60. The van der Waals surface area contributed by atoms with E-state index in [1.807, 2.05) is 0 Å². The van der Waals surface area contributed by atoms with Crippen molar-refractivity contribution in [2.24, 2.45) is 0 Å². The first-order chi connectivity index (χ1) is 16.3. The molecule has 1 aromatic heterocycles. The van der Waals surface area contributed by atoms with E-state index in [-0.39, 0.29) is 11.6 Å². The van der Waals surface area contributed by atoms with Gasteiger partial charge < -0.3 is 4.74 Å². The van der Waals surface area contributed by atoms with Crippen molar-refractivity contribution < 1.29 is 23.1 Å². The molecule has 0 atom stereocenters. The quantitative estimate of drug-likeness (QED) is 0.426. The SMILES string of the molecule is COC(=O)c1cc(N(C(=O)n2nnn(-c3c(F)cccc3F)c2=O)C2CCCCC2)ccc1C. The third kappa shape index (κ3) is 4.20. The Morgan fingerprint density at radius 2 is 1.74 bits per heavy atom. The van der Waals surface area contributed by atoms with E-state index in [9.17, 15) is 23.2 Å². The smallest absolute Gasteiger partial charge is 0.377 e. The Bertz CT molecular complexity index is 1280. The van der Waals surface area contributed by atoms with Gasteiger partial charge in [0.1, 0.15) is 5.69 Å². The Kier molecular flexibility index (Phi) is 6.53. The van der Waals surface area contributed by atoms with Gasteiger partial charge in [0, 0.05) is 11.7 Å². The second kappa shape index (κ2) is 9.54. The zero-order valence-corrected chi connectivity index (χ0v) is 18.7. The number of aryl methyl sites for hydroxylation is 1. The zero-order chi connectivity index (χ0) is 24.4. The van der Waals surface area contributed by atoms with Gasteiger partial charge in [-0.15, -0.1) is 4.68 Å². The molecule has 1 amide bonds. The zero-order valence-electron chi connectivity index (χ0n) is 18.7. The first kappa shape index (κ1) is 23.3. The van der Waals surface area contributed by atoms with Crippen LogP contribution in [0, 0.1) is 18.6 Å². The van der Waals surface area contributed by atoms with E-state index in [1.165, 1.54) is 18.1 Å². The van der Waals surface area contributed by atoms with Crippen molar-refractivity contribution in [3.63, 3.8) is 0 Å². The molecule has 0 spiro atoms. The Labute approximate surface area is 193 Å². The highest BCUT2D eigenvalue weighted by Gasteiger charge is 2.32. The van der Waals surface area contributed by atoms with Crippen LogP contribution in [0.4, 0.5) is 19.3 Å². The van der Waals surface area contributed by atoms with Gasteiger partial charge >= 0.3 is 17.7 Å². The van der Waals surface area contributed by atoms with Crippen LogP contribution >= 0.6 is 0 Å². The van der Waals surface area contributed by atoms with Crippen molar-refractivity contribution in [2.75, 3.05) is 12.0 Å². The highest BCUT2D eigenvalue weighted by molar-refractivity contribution is 5.97. The van der Waals surface area contributed by atoms with Crippen molar-refractivity contribution in [1.82, 2.24) is 19.8 Å². The number of tetrazole rings is 1. The molecule has 1 fully saturated rings. The average molecular weight is 471 g/mol. The third-order valence-electron chi connectivity index (χ3n) is 5.96. The average Bonchev–Trinajstić information content (AvgIpc) is 3.21. The molecule has 0 saturated heterocycles. The largest absolute Gasteiger partial charge is 0.465 e. The van der Waals surface area contributed by atoms with E-state index in [0.29, 0.717) is 33.5 Å². The number of carbonyl (C=O) groups excluding carboxylic acids is 2. The van der Waals surface area contributed by atoms with E-state index in [1.54, 1.807) is 19.1 Å². The van der Waals surface area contributed by atoms with Gasteiger partial charge in [-0.2, -0.15) is 4.68 Å². The number of para-hydroxylation sites is 1. The topological polar surface area (TPSA) is 99.3 Å². The van der Waals surface area contributed by atoms with Crippen molar-refractivity contribution in [2.45, 2.75) is 45.1 Å². The Hall–Kier alpha value is -3.89. The highest BCUT2D eigenvalue weighted by Crippen LogP contribution is 2.29. The van der Waals surface area contributed by atoms with Gasteiger partial charge in [-0.05, 0) is 60.0 Å². The summed E-state index contributed by atoms with van der Waals surface area (Å²) in [6.07, 6.45) is 4.14. The fourth-order valence-electron chi connectivity index (χ4n) is 4.21. The molecule has 1 heterocycles. The highest BCUT2D eigenvalue weighted by atomic mass is 19.1. The third-order valence-corrected chi connectivity index (χ3v) is 5.96. The minimum absolute atomic E-state index is 0.267. The Balaban J connectivity index is 1.80. The van der Waals surface area contributed by atoms with Gasteiger partial charge in [-0.25, -0.2) is 23.2 Å². The Morgan fingerprint density at radius 3 is 2.38 bits per heavy atom. The molecular weight excluding hydrogens is 448 g/mol. The van der Waals surface area contributed by atoms with Crippen LogP contribution in [0.15, 0.2) is 41.2 Å². The molecule has 0 unspecified atom stereocenters. The van der Waals surface area contributed by atoms with Crippen molar-refractivity contribution in [3.8, 4) is 5.69 Å². The fraction of sp³-hybridized carbons (Fsp3) is 0.348. The molecule has 0 radical (unpaired) electrons. The van der Waals surface area contributed by atoms with Crippen molar-refractivity contribution in [3.05, 3.63) is 69.6 Å². The number of amides is 1. The summed E-state index contributed by atoms with van der Waals surface area (Å²) in [6.45, 7) is 1.74. The summed E-state index contributed by atoms with van der Waals surface area (Å²) in [5.41, 5.74) is -0.529. The van der Waals surface area contributed by atoms with E-state index in [0.717, 1.165) is 37.5 Å². The van der Waals surface area contributed by atoms with Crippen LogP contribution < -0.4 is 10.6 Å². The molecule has 0 N–H and O–H groups in total. The number of halogens is 2. The van der Waals surface area contributed by atoms with Gasteiger partial charge in [-0.3, -0.25) is 4.90 Å². The second-order valence-electron chi connectivity index (χ2n) is 8.09. The van der Waals surface area contributed by atoms with Gasteiger partial charge in [0.25, 0.3) is 0 Å². The lowest BCUT2D eigenvalue weighted by Gasteiger charge is -2.34. The molecule has 1 saturated carbocycles. The van der Waals surface area contributed by atoms with Crippen LogP contribution in [0.25, 0.3) is 5.69 Å². The molecule has 1 aliphatic rings. The normalized spacial score (nSPS) is 14.1. The summed E-state index contributed by atoms with van der Waals surface area (Å²) < 4.78 is 34.2. The number of hydrogen-bond donors (Lipinski definition) is 0. The van der Waals surface area contributed by atoms with Gasteiger partial charge in [-0.1, -0.05) is 31.4 Å². The summed E-state index contributed by atoms with van der Waals surface area (Å²) in [7, 11) is 1.26. The molecular formula is C23H23F2N5O4. The van der Waals surface area contributed by atoms with Crippen molar-refractivity contribution >= 4 is 17.7 Å². The molecule has 9 nitrogen and oxygen atoms in total. The lowest BCUT2D eigenvalue weighted by molar-refractivity contribution is 0.0600. The van der Waals surface area contributed by atoms with Crippen LogP contribution in [-0.2, 0) is 4.74 Å². The number of anilines is 1. The maximum atomic E-state index is 14.2. The van der Waals surface area contributed by atoms with Crippen LogP contribution in [-0.4, -0.2) is 44.9 Å². The molecule has 1 aliphatic carbocycles. The predicted octanol–water partition coefficient (Wildman–Crippen LogP) is 3.61. The van der Waals surface area contributed by atoms with E-state index < -0.39 is 35.0 Å². The van der Waals surface area contributed by atoms with Crippen LogP contribution in [0.2, 0.25) is 0 Å². The maximum Gasteiger partial charge on any atom is 0.377 e. The van der Waals surface area contributed by atoms with Crippen LogP contribution in [0.5, 0.6) is 0 Å². The van der Waals surface area contributed by atoms with Gasteiger partial charge in [0.15, 0.2) is 11.6 Å². The van der Waals surface area contributed by atoms with Gasteiger partial charge in [0.2, 0.25) is 0 Å². The van der Waals surface area contributed by atoms with Gasteiger partial charge in [0.05, 0.1) is 12.7 Å². The lowest BCUT2D eigenvalue weighted by atomic mass is 9.93. The molecule has 3 aromatic rings. The molecule has 178 valence electrons. The van der Waals surface area contributed by atoms with Crippen LogP contribution in [0.3, 0.4) is 0 Å². The summed E-state index contributed by atoms with van der Waals surface area (Å²) in [6, 6.07) is 6.87. The molecule has 11 heteroatoms. The minimum atomic E-state index is -1.12. The van der Waals surface area contributed by atoms with Crippen LogP contribution in [0.1, 0.15) is 48.0 Å². The van der Waals surface area contributed by atoms with E-state index in [4.69, 9.17) is 4.74 Å². The van der Waals surface area contributed by atoms with E-state index >= 15 is 0 Å². The second-order valence-corrected chi connectivity index (χ2v) is 8.09. The number of hydrogen-bond acceptors (Lipinski definition) is 6. The summed E-state index contributed by atoms with van der Waals surface area (Å²) in [5, 5.41) is 7.15. The number of aromatic nitrogens is 4. The summed E-state index contributed by atoms with van der Waals surface area (Å²) in [4.78, 5) is 40.2. The number of nitrogens with zero attached hydrogens (tertiary/aromatic N) is 5. The van der Waals surface area contributed by atoms with Crippen molar-refractivity contribution in [1.29, 1.82) is 0 Å². The first-order valence-electron chi connectivity index (χ1n) is 10.9. The molecule has 0 bridgehead atoms. The Morgan fingerprint density at radius 1 is 1.06 bits per heavy atom. The number of methoxy groups -OCH3 is 1. The van der Waals surface area contributed by atoms with E-state index in [2.05, 4.69) is 10.4 Å². The monoisotopic (exact) mass is 471 g/mol. The standard InChI is InChI=1S/C23H23F2N5O4/c1-14-11-12-16(13-17(14)21(31)34-2)28(15-7-4-3-5-8-15)22(32)30-23(33)29(26-27-30)20-18(24)9-6-10-19(20)25/h6,9-13,15H,3-5,7-8H2,1-2H3.